The van der Waals surface area contributed by atoms with E-state index in [9.17, 15) is 30.2 Å². The first-order valence-corrected chi connectivity index (χ1v) is 22.2. The van der Waals surface area contributed by atoms with Gasteiger partial charge in [-0.3, -0.25) is 9.05 Å². The van der Waals surface area contributed by atoms with Crippen molar-refractivity contribution in [2.45, 2.75) is 153 Å². The Balaban J connectivity index is 1.18. The molecule has 1 aliphatic heterocycles. The number of nitrogens with zero attached hydrogens (tertiary/aromatic N) is 5. The zero-order chi connectivity index (χ0) is 40.9. The highest BCUT2D eigenvalue weighted by Crippen LogP contribution is 2.46. The summed E-state index contributed by atoms with van der Waals surface area (Å²) in [6, 6.07) is 14.2. The molecule has 1 aliphatic rings. The molecule has 14 nitrogen and oxygen atoms in total. The average molecular weight is 812 g/mol. The fraction of sp³-hybridized carbons (Fsp3) is 0.667. The summed E-state index contributed by atoms with van der Waals surface area (Å²) in [4.78, 5) is 14.7. The number of ether oxygens (including phenoxy) is 3. The maximum Gasteiger partial charge on any atom is 0.472 e. The number of hydrogen-bond donors (Lipinski definition) is 3. The van der Waals surface area contributed by atoms with Crippen LogP contribution in [0.5, 0.6) is 0 Å². The Morgan fingerprint density at radius 2 is 1.56 bits per heavy atom. The van der Waals surface area contributed by atoms with Gasteiger partial charge in [-0.1, -0.05) is 115 Å². The number of phosphoric ester groups is 1. The lowest BCUT2D eigenvalue weighted by Crippen LogP contribution is -2.41. The molecule has 6 atom stereocenters. The van der Waals surface area contributed by atoms with Gasteiger partial charge in [-0.2, -0.15) is 15.6 Å². The molecular weight excluding hydrogens is 749 g/mol. The van der Waals surface area contributed by atoms with Crippen LogP contribution in [-0.4, -0.2) is 80.5 Å². The number of unbranched alkanes of at least 4 members (excludes halogenated alkanes) is 15. The van der Waals surface area contributed by atoms with E-state index in [4.69, 9.17) is 23.3 Å². The number of hydrogen-bond acceptors (Lipinski definition) is 12. The summed E-state index contributed by atoms with van der Waals surface area (Å²) in [6.07, 6.45) is 16.2. The van der Waals surface area contributed by atoms with Crippen LogP contribution < -0.4 is 0 Å². The zero-order valence-corrected chi connectivity index (χ0v) is 34.6. The van der Waals surface area contributed by atoms with Crippen molar-refractivity contribution < 1.29 is 42.9 Å². The van der Waals surface area contributed by atoms with Gasteiger partial charge in [-0.25, -0.2) is 14.1 Å². The summed E-state index contributed by atoms with van der Waals surface area (Å²) in [5, 5.41) is 45.4. The molecule has 57 heavy (non-hydrogen) atoms. The summed E-state index contributed by atoms with van der Waals surface area (Å²) in [6.45, 7) is 3.68. The Morgan fingerprint density at radius 3 is 2.19 bits per heavy atom. The van der Waals surface area contributed by atoms with Crippen molar-refractivity contribution in [1.29, 1.82) is 10.5 Å². The third-order valence-corrected chi connectivity index (χ3v) is 11.4. The molecular formula is C42H62N5O9P. The third kappa shape index (κ3) is 14.5. The highest BCUT2D eigenvalue weighted by molar-refractivity contribution is 7.47. The van der Waals surface area contributed by atoms with Gasteiger partial charge in [0.1, 0.15) is 36.8 Å². The predicted octanol–water partition coefficient (Wildman–Crippen LogP) is 7.75. The van der Waals surface area contributed by atoms with Gasteiger partial charge in [-0.15, -0.1) is 0 Å². The standard InChI is InChI=1S/C42H62N5O9P/c1-3-4-5-6-7-8-9-10-11-12-13-14-15-16-17-18-24-52-28-36(53-27-35-21-19-20-34(25-35)26-43)29-54-57(50,51)55-30-38-40(48)41(49)42(31-44,56-38)39-23-22-37-33(2)45-32-46-47(37)39/h19-23,25,32,36,38,40-41,48-49H,3-18,24,27-30H2,1-2H3,(H,50,51)/t36-,38-,40-,41-,42+/m1/s1. The molecule has 3 heterocycles. The van der Waals surface area contributed by atoms with Crippen molar-refractivity contribution in [3.63, 3.8) is 0 Å². The fourth-order valence-corrected chi connectivity index (χ4v) is 7.86. The van der Waals surface area contributed by atoms with Gasteiger partial charge in [0.2, 0.25) is 5.60 Å². The van der Waals surface area contributed by atoms with Crippen LogP contribution in [0.2, 0.25) is 0 Å². The van der Waals surface area contributed by atoms with Crippen LogP contribution in [0.25, 0.3) is 5.52 Å². The Morgan fingerprint density at radius 1 is 0.912 bits per heavy atom. The molecule has 314 valence electrons. The molecule has 0 aliphatic carbocycles. The minimum Gasteiger partial charge on any atom is -0.387 e. The number of benzene rings is 1. The molecule has 4 rings (SSSR count). The molecule has 1 saturated heterocycles. The second-order valence-electron chi connectivity index (χ2n) is 15.0. The minimum absolute atomic E-state index is 0.0896. The number of aryl methyl sites for hydroxylation is 1. The van der Waals surface area contributed by atoms with Crippen LogP contribution in [0, 0.1) is 29.6 Å². The molecule has 2 aromatic heterocycles. The number of rotatable bonds is 29. The van der Waals surface area contributed by atoms with Crippen LogP contribution in [-0.2, 0) is 40.0 Å². The van der Waals surface area contributed by atoms with Gasteiger partial charge in [0.15, 0.2) is 0 Å². The Kier molecular flexibility index (Phi) is 20.0. The molecule has 1 aromatic carbocycles. The van der Waals surface area contributed by atoms with Gasteiger partial charge < -0.3 is 29.3 Å². The quantitative estimate of drug-likeness (QED) is 0.0454. The van der Waals surface area contributed by atoms with E-state index in [1.54, 1.807) is 37.3 Å². The Labute approximate surface area is 337 Å². The monoisotopic (exact) mass is 811 g/mol. The Bertz CT molecular complexity index is 1760. The first-order valence-electron chi connectivity index (χ1n) is 20.7. The molecule has 3 N–H and O–H groups in total. The fourth-order valence-electron chi connectivity index (χ4n) is 7.09. The van der Waals surface area contributed by atoms with Crippen molar-refractivity contribution >= 4 is 13.3 Å². The lowest BCUT2D eigenvalue weighted by Gasteiger charge is -2.24. The number of fused-ring (bicyclic) bond motifs is 1. The summed E-state index contributed by atoms with van der Waals surface area (Å²) >= 11 is 0. The van der Waals surface area contributed by atoms with E-state index in [2.05, 4.69) is 23.1 Å². The zero-order valence-electron chi connectivity index (χ0n) is 33.7. The normalized spacial score (nSPS) is 21.0. The van der Waals surface area contributed by atoms with E-state index in [0.29, 0.717) is 23.4 Å². The summed E-state index contributed by atoms with van der Waals surface area (Å²) in [5.74, 6) is 0. The molecule has 0 spiro atoms. The molecule has 0 saturated carbocycles. The smallest absolute Gasteiger partial charge is 0.387 e. The number of aliphatic hydroxyl groups is 2. The number of phosphoric acid groups is 1. The average Bonchev–Trinajstić information content (AvgIpc) is 3.76. The van der Waals surface area contributed by atoms with E-state index in [-0.39, 0.29) is 25.5 Å². The molecule has 0 radical (unpaired) electrons. The van der Waals surface area contributed by atoms with Gasteiger partial charge in [0.05, 0.1) is 55.0 Å². The van der Waals surface area contributed by atoms with E-state index in [1.807, 2.05) is 12.1 Å². The maximum atomic E-state index is 13.0. The largest absolute Gasteiger partial charge is 0.472 e. The lowest BCUT2D eigenvalue weighted by atomic mass is 9.92. The van der Waals surface area contributed by atoms with Crippen molar-refractivity contribution in [2.24, 2.45) is 0 Å². The van der Waals surface area contributed by atoms with Gasteiger partial charge in [0.25, 0.3) is 0 Å². The van der Waals surface area contributed by atoms with Gasteiger partial charge in [0, 0.05) is 6.61 Å². The Hall–Kier alpha value is -3.27. The van der Waals surface area contributed by atoms with Crippen LogP contribution in [0.15, 0.2) is 42.7 Å². The van der Waals surface area contributed by atoms with Gasteiger partial charge >= 0.3 is 7.82 Å². The highest BCUT2D eigenvalue weighted by Gasteiger charge is 2.58. The van der Waals surface area contributed by atoms with E-state index < -0.39 is 44.4 Å². The highest BCUT2D eigenvalue weighted by atomic mass is 31.2. The number of aliphatic hydroxyl groups excluding tert-OH is 2. The topological polar surface area (TPSA) is 202 Å². The minimum atomic E-state index is -4.75. The summed E-state index contributed by atoms with van der Waals surface area (Å²) in [5.41, 5.74) is 0.523. The van der Waals surface area contributed by atoms with E-state index in [1.165, 1.54) is 94.3 Å². The van der Waals surface area contributed by atoms with Crippen LogP contribution in [0.3, 0.4) is 0 Å². The number of nitriles is 2. The summed E-state index contributed by atoms with van der Waals surface area (Å²) < 4.78 is 42.7. The number of aromatic nitrogens is 3. The molecule has 1 fully saturated rings. The van der Waals surface area contributed by atoms with Crippen LogP contribution in [0.4, 0.5) is 0 Å². The third-order valence-electron chi connectivity index (χ3n) is 10.5. The van der Waals surface area contributed by atoms with Crippen molar-refractivity contribution in [3.8, 4) is 12.1 Å². The molecule has 1 unspecified atom stereocenters. The van der Waals surface area contributed by atoms with Crippen LogP contribution in [0.1, 0.15) is 132 Å². The van der Waals surface area contributed by atoms with Crippen molar-refractivity contribution in [1.82, 2.24) is 14.6 Å². The first-order chi connectivity index (χ1) is 27.6. The molecule has 0 amide bonds. The SMILES string of the molecule is CCCCCCCCCCCCCCCCCCOC[C@H](COP(=O)(O)OC[C@H]1O[C@@](C#N)(c2ccc3c(C)ncnn23)[C@H](O)[C@@H]1O)OCc1cccc(C#N)c1. The van der Waals surface area contributed by atoms with E-state index >= 15 is 0 Å². The van der Waals surface area contributed by atoms with Crippen LogP contribution >= 0.6 is 7.82 Å². The van der Waals surface area contributed by atoms with Crippen molar-refractivity contribution in [2.75, 3.05) is 26.4 Å². The predicted molar refractivity (Wildman–Crippen MR) is 214 cm³/mol. The lowest BCUT2D eigenvalue weighted by molar-refractivity contribution is -0.0690. The first kappa shape index (κ1) is 46.4. The maximum absolute atomic E-state index is 13.0. The molecule has 0 bridgehead atoms. The molecule has 3 aromatic rings. The van der Waals surface area contributed by atoms with Gasteiger partial charge in [-0.05, 0) is 43.2 Å². The van der Waals surface area contributed by atoms with Crippen molar-refractivity contribution in [3.05, 3.63) is 65.2 Å². The summed E-state index contributed by atoms with van der Waals surface area (Å²) in [7, 11) is -4.75. The van der Waals surface area contributed by atoms with E-state index in [0.717, 1.165) is 24.8 Å². The second-order valence-corrected chi connectivity index (χ2v) is 16.4. The second kappa shape index (κ2) is 24.6. The molecule has 15 heteroatoms.